The smallest absolute Gasteiger partial charge is 0.288 e. The van der Waals surface area contributed by atoms with Crippen molar-refractivity contribution < 1.29 is 0 Å². The minimum absolute atomic E-state index is 0.0378. The van der Waals surface area contributed by atoms with Crippen LogP contribution in [0.1, 0.15) is 5.56 Å². The fraction of sp³-hybridized carbons (Fsp3) is 0.273. The molecule has 15 heavy (non-hydrogen) atoms. The molecular formula is C11H10N2O2. The van der Waals surface area contributed by atoms with Crippen molar-refractivity contribution in [1.29, 1.82) is 0 Å². The first-order valence-electron chi connectivity index (χ1n) is 4.29. The molecule has 4 heteroatoms. The Kier molecular flexibility index (Phi) is 3.15. The minimum atomic E-state index is -0.471. The normalized spacial score (nSPS) is 9.27. The largest absolute Gasteiger partial charge is 0.332 e. The second-order valence-electron chi connectivity index (χ2n) is 3.02. The van der Waals surface area contributed by atoms with Crippen LogP contribution in [0, 0.1) is 31.6 Å². The predicted octanol–water partition coefficient (Wildman–Crippen LogP) is -0.415. The highest BCUT2D eigenvalue weighted by Gasteiger charge is 2.06. The Morgan fingerprint density at radius 3 is 2.40 bits per heavy atom. The minimum Gasteiger partial charge on any atom is -0.288 e. The molecule has 0 spiro atoms. The van der Waals surface area contributed by atoms with Crippen molar-refractivity contribution in [3.05, 3.63) is 32.6 Å². The van der Waals surface area contributed by atoms with Gasteiger partial charge in [0.2, 0.25) is 0 Å². The van der Waals surface area contributed by atoms with Gasteiger partial charge in [-0.15, -0.1) is 12.8 Å². The van der Waals surface area contributed by atoms with E-state index >= 15 is 0 Å². The molecule has 0 aliphatic rings. The lowest BCUT2D eigenvalue weighted by Gasteiger charge is -2.06. The monoisotopic (exact) mass is 202 g/mol. The molecule has 0 atom stereocenters. The van der Waals surface area contributed by atoms with Crippen molar-refractivity contribution in [3.8, 4) is 24.7 Å². The molecule has 0 amide bonds. The second kappa shape index (κ2) is 4.34. The van der Waals surface area contributed by atoms with E-state index in [1.54, 1.807) is 6.92 Å². The van der Waals surface area contributed by atoms with Gasteiger partial charge >= 0.3 is 5.69 Å². The Hall–Kier alpha value is -2.20. The van der Waals surface area contributed by atoms with Crippen molar-refractivity contribution in [2.24, 2.45) is 0 Å². The number of nitrogens with zero attached hydrogens (tertiary/aromatic N) is 2. The van der Waals surface area contributed by atoms with Gasteiger partial charge < -0.3 is 0 Å². The van der Waals surface area contributed by atoms with E-state index in [2.05, 4.69) is 11.8 Å². The summed E-state index contributed by atoms with van der Waals surface area (Å²) in [6, 6.07) is 0. The Morgan fingerprint density at radius 2 is 1.87 bits per heavy atom. The van der Waals surface area contributed by atoms with E-state index in [1.165, 1.54) is 10.8 Å². The highest BCUT2D eigenvalue weighted by Crippen LogP contribution is 1.86. The van der Waals surface area contributed by atoms with Crippen molar-refractivity contribution >= 4 is 0 Å². The summed E-state index contributed by atoms with van der Waals surface area (Å²) in [4.78, 5) is 23.2. The van der Waals surface area contributed by atoms with Crippen LogP contribution >= 0.6 is 0 Å². The molecule has 0 N–H and O–H groups in total. The third kappa shape index (κ3) is 2.00. The van der Waals surface area contributed by atoms with Crippen LogP contribution in [-0.2, 0) is 13.1 Å². The van der Waals surface area contributed by atoms with Gasteiger partial charge in [0, 0.05) is 11.8 Å². The molecule has 1 aromatic rings. The zero-order chi connectivity index (χ0) is 11.4. The summed E-state index contributed by atoms with van der Waals surface area (Å²) in [6.07, 6.45) is 11.6. The average molecular weight is 202 g/mol. The molecule has 1 rings (SSSR count). The van der Waals surface area contributed by atoms with Crippen LogP contribution in [0.3, 0.4) is 0 Å². The average Bonchev–Trinajstić information content (AvgIpc) is 2.21. The van der Waals surface area contributed by atoms with Gasteiger partial charge in [0.05, 0.1) is 13.1 Å². The fourth-order valence-electron chi connectivity index (χ4n) is 1.24. The van der Waals surface area contributed by atoms with Crippen LogP contribution in [-0.4, -0.2) is 9.13 Å². The van der Waals surface area contributed by atoms with Gasteiger partial charge in [0.15, 0.2) is 0 Å². The first kappa shape index (κ1) is 10.9. The molecule has 0 aliphatic heterocycles. The maximum absolute atomic E-state index is 11.7. The third-order valence-electron chi connectivity index (χ3n) is 1.92. The molecule has 4 nitrogen and oxygen atoms in total. The van der Waals surface area contributed by atoms with Gasteiger partial charge in [0.25, 0.3) is 5.56 Å². The Balaban J connectivity index is 3.52. The summed E-state index contributed by atoms with van der Waals surface area (Å²) < 4.78 is 2.28. The number of hydrogen-bond acceptors (Lipinski definition) is 2. The molecule has 0 aliphatic carbocycles. The summed E-state index contributed by atoms with van der Waals surface area (Å²) >= 11 is 0. The van der Waals surface area contributed by atoms with Crippen molar-refractivity contribution in [1.82, 2.24) is 9.13 Å². The number of aryl methyl sites for hydroxylation is 1. The summed E-state index contributed by atoms with van der Waals surface area (Å²) in [5, 5.41) is 0. The zero-order valence-electron chi connectivity index (χ0n) is 8.36. The predicted molar refractivity (Wildman–Crippen MR) is 57.4 cm³/mol. The number of rotatable bonds is 2. The standard InChI is InChI=1S/C11H10N2O2/c1-4-6-12-8-9(3)10(14)13(7-5-2)11(12)15/h1-2,8H,6-7H2,3H3. The maximum atomic E-state index is 11.7. The number of hydrogen-bond donors (Lipinski definition) is 0. The zero-order valence-corrected chi connectivity index (χ0v) is 8.36. The number of terminal acetylenes is 2. The third-order valence-corrected chi connectivity index (χ3v) is 1.92. The van der Waals surface area contributed by atoms with Gasteiger partial charge in [-0.25, -0.2) is 9.36 Å². The van der Waals surface area contributed by atoms with E-state index in [1.807, 2.05) is 0 Å². The maximum Gasteiger partial charge on any atom is 0.332 e. The van der Waals surface area contributed by atoms with Crippen LogP contribution < -0.4 is 11.2 Å². The summed E-state index contributed by atoms with van der Waals surface area (Å²) in [5.74, 6) is 4.60. The Bertz CT molecular complexity index is 564. The molecule has 0 bridgehead atoms. The molecule has 0 aromatic carbocycles. The van der Waals surface area contributed by atoms with E-state index in [9.17, 15) is 9.59 Å². The topological polar surface area (TPSA) is 44.0 Å². The lowest BCUT2D eigenvalue weighted by molar-refractivity contribution is 0.630. The van der Waals surface area contributed by atoms with Gasteiger partial charge in [-0.05, 0) is 6.92 Å². The van der Waals surface area contributed by atoms with Crippen molar-refractivity contribution in [2.75, 3.05) is 0 Å². The first-order chi connectivity index (χ1) is 7.11. The molecule has 0 fully saturated rings. The van der Waals surface area contributed by atoms with Gasteiger partial charge in [-0.3, -0.25) is 9.36 Å². The Morgan fingerprint density at radius 1 is 1.27 bits per heavy atom. The number of aromatic nitrogens is 2. The fourth-order valence-corrected chi connectivity index (χ4v) is 1.24. The van der Waals surface area contributed by atoms with Crippen LogP contribution in [0.2, 0.25) is 0 Å². The first-order valence-corrected chi connectivity index (χ1v) is 4.29. The lowest BCUT2D eigenvalue weighted by atomic mass is 10.3. The summed E-state index contributed by atoms with van der Waals surface area (Å²) in [7, 11) is 0. The summed E-state index contributed by atoms with van der Waals surface area (Å²) in [6.45, 7) is 1.70. The van der Waals surface area contributed by atoms with E-state index in [0.29, 0.717) is 5.56 Å². The van der Waals surface area contributed by atoms with Gasteiger partial charge in [-0.1, -0.05) is 11.8 Å². The highest BCUT2D eigenvalue weighted by atomic mass is 16.2. The van der Waals surface area contributed by atoms with Crippen LogP contribution in [0.5, 0.6) is 0 Å². The molecule has 0 saturated heterocycles. The van der Waals surface area contributed by atoms with E-state index < -0.39 is 5.69 Å². The molecule has 1 heterocycles. The lowest BCUT2D eigenvalue weighted by Crippen LogP contribution is -2.40. The molecule has 1 aromatic heterocycles. The molecule has 0 unspecified atom stereocenters. The molecule has 0 saturated carbocycles. The highest BCUT2D eigenvalue weighted by molar-refractivity contribution is 5.05. The van der Waals surface area contributed by atoms with E-state index in [4.69, 9.17) is 12.8 Å². The quantitative estimate of drug-likeness (QED) is 0.612. The molecular weight excluding hydrogens is 192 g/mol. The molecule has 76 valence electrons. The Labute approximate surface area is 87.2 Å². The van der Waals surface area contributed by atoms with Crippen LogP contribution in [0.15, 0.2) is 15.8 Å². The molecule has 0 radical (unpaired) electrons. The van der Waals surface area contributed by atoms with E-state index in [-0.39, 0.29) is 18.6 Å². The summed E-state index contributed by atoms with van der Waals surface area (Å²) in [5.41, 5.74) is -0.396. The van der Waals surface area contributed by atoms with Crippen molar-refractivity contribution in [3.63, 3.8) is 0 Å². The van der Waals surface area contributed by atoms with Gasteiger partial charge in [-0.2, -0.15) is 0 Å². The second-order valence-corrected chi connectivity index (χ2v) is 3.02. The van der Waals surface area contributed by atoms with Gasteiger partial charge in [0.1, 0.15) is 0 Å². The van der Waals surface area contributed by atoms with Crippen LogP contribution in [0.25, 0.3) is 0 Å². The van der Waals surface area contributed by atoms with E-state index in [0.717, 1.165) is 4.57 Å². The SMILES string of the molecule is C#CCn1cc(C)c(=O)n(CC#C)c1=O. The van der Waals surface area contributed by atoms with Crippen molar-refractivity contribution in [2.45, 2.75) is 20.0 Å². The van der Waals surface area contributed by atoms with Crippen LogP contribution in [0.4, 0.5) is 0 Å².